The van der Waals surface area contributed by atoms with Gasteiger partial charge >= 0.3 is 0 Å². The highest BCUT2D eigenvalue weighted by molar-refractivity contribution is 6.01. The molecule has 1 saturated heterocycles. The Hall–Kier alpha value is -3.87. The Labute approximate surface area is 186 Å². The Bertz CT molecular complexity index is 1120. The van der Waals surface area contributed by atoms with Gasteiger partial charge in [-0.2, -0.15) is 0 Å². The molecule has 0 aromatic heterocycles. The second-order valence-corrected chi connectivity index (χ2v) is 7.54. The molecule has 1 aliphatic heterocycles. The number of carbonyl (C=O) groups is 2. The molecule has 0 radical (unpaired) electrons. The number of hydrogen-bond acceptors (Lipinski definition) is 5. The number of oxime groups is 1. The van der Waals surface area contributed by atoms with Gasteiger partial charge in [-0.05, 0) is 28.5 Å². The predicted octanol–water partition coefficient (Wildman–Crippen LogP) is 3.14. The summed E-state index contributed by atoms with van der Waals surface area (Å²) in [6.45, 7) is 0.449. The zero-order valence-corrected chi connectivity index (χ0v) is 17.9. The van der Waals surface area contributed by atoms with E-state index in [2.05, 4.69) is 10.5 Å². The first-order valence-electron chi connectivity index (χ1n) is 10.5. The molecular formula is C25H25N3O4. The average molecular weight is 431 g/mol. The minimum absolute atomic E-state index is 0.155. The summed E-state index contributed by atoms with van der Waals surface area (Å²) < 4.78 is 5.59. The number of nitrogens with zero attached hydrogens (tertiary/aromatic N) is 2. The van der Waals surface area contributed by atoms with Gasteiger partial charge in [-0.15, -0.1) is 0 Å². The Morgan fingerprint density at radius 1 is 1.03 bits per heavy atom. The van der Waals surface area contributed by atoms with Gasteiger partial charge < -0.3 is 19.8 Å². The van der Waals surface area contributed by atoms with E-state index in [1.165, 1.54) is 12.0 Å². The van der Waals surface area contributed by atoms with Gasteiger partial charge in [-0.25, -0.2) is 0 Å². The van der Waals surface area contributed by atoms with Gasteiger partial charge in [0, 0.05) is 13.0 Å². The number of fused-ring (bicyclic) bond motifs is 1. The fourth-order valence-electron chi connectivity index (χ4n) is 3.89. The Balaban J connectivity index is 1.44. The van der Waals surface area contributed by atoms with E-state index in [-0.39, 0.29) is 25.0 Å². The van der Waals surface area contributed by atoms with E-state index in [0.717, 1.165) is 16.3 Å². The van der Waals surface area contributed by atoms with Crippen LogP contribution in [-0.2, 0) is 21.0 Å². The molecular weight excluding hydrogens is 406 g/mol. The van der Waals surface area contributed by atoms with Gasteiger partial charge in [-0.1, -0.05) is 65.8 Å². The summed E-state index contributed by atoms with van der Waals surface area (Å²) in [5.74, 6) is 0.0931. The largest absolute Gasteiger partial charge is 0.484 e. The van der Waals surface area contributed by atoms with Crippen LogP contribution in [0.5, 0.6) is 5.75 Å². The standard InChI is InChI=1S/C25H25N3O4/c1-31-27-20-14-23(28(16-20)24(29)17-32-21-11-3-2-4-12-21)25(30)26-15-19-10-7-9-18-8-5-6-13-22(18)19/h2-13,23H,14-17H2,1H3,(H,26,30)/b27-20+/t23-/m0/s1. The SMILES string of the molecule is CO/N=C1\C[C@@H](C(=O)NCc2cccc3ccccc23)N(C(=O)COc2ccccc2)C1. The zero-order valence-electron chi connectivity index (χ0n) is 17.9. The Kier molecular flexibility index (Phi) is 6.65. The summed E-state index contributed by atoms with van der Waals surface area (Å²) in [6, 6.07) is 22.5. The molecule has 3 aromatic rings. The van der Waals surface area contributed by atoms with Crippen molar-refractivity contribution < 1.29 is 19.2 Å². The van der Waals surface area contributed by atoms with Gasteiger partial charge in [0.1, 0.15) is 18.9 Å². The number of hydrogen-bond donors (Lipinski definition) is 1. The number of para-hydroxylation sites is 1. The average Bonchev–Trinajstić information content (AvgIpc) is 3.26. The van der Waals surface area contributed by atoms with Crippen LogP contribution in [0.25, 0.3) is 10.8 Å². The number of nitrogens with one attached hydrogen (secondary N) is 1. The van der Waals surface area contributed by atoms with Gasteiger partial charge in [0.05, 0.1) is 12.3 Å². The predicted molar refractivity (Wildman–Crippen MR) is 122 cm³/mol. The van der Waals surface area contributed by atoms with Crippen molar-refractivity contribution in [1.82, 2.24) is 10.2 Å². The van der Waals surface area contributed by atoms with Crippen LogP contribution < -0.4 is 10.1 Å². The van der Waals surface area contributed by atoms with Crippen molar-refractivity contribution in [1.29, 1.82) is 0 Å². The third-order valence-corrected chi connectivity index (χ3v) is 5.44. The first-order chi connectivity index (χ1) is 15.7. The van der Waals surface area contributed by atoms with Crippen molar-refractivity contribution in [3.05, 3.63) is 78.4 Å². The smallest absolute Gasteiger partial charge is 0.261 e. The molecule has 0 unspecified atom stereocenters. The lowest BCUT2D eigenvalue weighted by atomic mass is 10.0. The second-order valence-electron chi connectivity index (χ2n) is 7.54. The first kappa shape index (κ1) is 21.4. The van der Waals surface area contributed by atoms with E-state index in [1.807, 2.05) is 60.7 Å². The third-order valence-electron chi connectivity index (χ3n) is 5.44. The molecule has 164 valence electrons. The summed E-state index contributed by atoms with van der Waals surface area (Å²) in [5.41, 5.74) is 1.66. The lowest BCUT2D eigenvalue weighted by molar-refractivity contribution is -0.139. The maximum Gasteiger partial charge on any atom is 0.261 e. The molecule has 1 heterocycles. The minimum Gasteiger partial charge on any atom is -0.484 e. The van der Waals surface area contributed by atoms with Gasteiger partial charge in [0.2, 0.25) is 5.91 Å². The number of amides is 2. The van der Waals surface area contributed by atoms with Crippen LogP contribution in [-0.4, -0.2) is 48.7 Å². The molecule has 0 spiro atoms. The summed E-state index contributed by atoms with van der Waals surface area (Å²) in [4.78, 5) is 32.3. The van der Waals surface area contributed by atoms with Crippen LogP contribution in [0.4, 0.5) is 0 Å². The van der Waals surface area contributed by atoms with Crippen LogP contribution >= 0.6 is 0 Å². The van der Waals surface area contributed by atoms with Crippen molar-refractivity contribution in [2.45, 2.75) is 19.0 Å². The van der Waals surface area contributed by atoms with Gasteiger partial charge in [0.25, 0.3) is 5.91 Å². The molecule has 7 nitrogen and oxygen atoms in total. The van der Waals surface area contributed by atoms with Crippen molar-refractivity contribution in [3.8, 4) is 5.75 Å². The zero-order chi connectivity index (χ0) is 22.3. The van der Waals surface area contributed by atoms with Crippen LogP contribution in [0.2, 0.25) is 0 Å². The van der Waals surface area contributed by atoms with Gasteiger partial charge in [-0.3, -0.25) is 9.59 Å². The first-order valence-corrected chi connectivity index (χ1v) is 10.5. The molecule has 2 amide bonds. The summed E-state index contributed by atoms with van der Waals surface area (Å²) in [5, 5.41) is 9.16. The number of carbonyl (C=O) groups excluding carboxylic acids is 2. The summed E-state index contributed by atoms with van der Waals surface area (Å²) in [7, 11) is 1.45. The van der Waals surface area contributed by atoms with Crippen LogP contribution in [0.3, 0.4) is 0 Å². The van der Waals surface area contributed by atoms with Crippen molar-refractivity contribution in [2.75, 3.05) is 20.3 Å². The maximum absolute atomic E-state index is 13.1. The summed E-state index contributed by atoms with van der Waals surface area (Å²) >= 11 is 0. The van der Waals surface area contributed by atoms with E-state index in [4.69, 9.17) is 9.57 Å². The summed E-state index contributed by atoms with van der Waals surface area (Å²) in [6.07, 6.45) is 0.326. The molecule has 1 fully saturated rings. The minimum atomic E-state index is -0.661. The molecule has 32 heavy (non-hydrogen) atoms. The number of ether oxygens (including phenoxy) is 1. The molecule has 0 saturated carbocycles. The quantitative estimate of drug-likeness (QED) is 0.583. The van der Waals surface area contributed by atoms with Crippen LogP contribution in [0.15, 0.2) is 78.0 Å². The number of rotatable bonds is 7. The highest BCUT2D eigenvalue weighted by atomic mass is 16.6. The van der Waals surface area contributed by atoms with E-state index in [0.29, 0.717) is 24.4 Å². The molecule has 1 N–H and O–H groups in total. The number of likely N-dealkylation sites (tertiary alicyclic amines) is 1. The second kappa shape index (κ2) is 9.96. The van der Waals surface area contributed by atoms with E-state index >= 15 is 0 Å². The highest BCUT2D eigenvalue weighted by Crippen LogP contribution is 2.20. The van der Waals surface area contributed by atoms with Crippen molar-refractivity contribution >= 4 is 28.3 Å². The topological polar surface area (TPSA) is 80.2 Å². The van der Waals surface area contributed by atoms with Gasteiger partial charge in [0.15, 0.2) is 6.61 Å². The van der Waals surface area contributed by atoms with Crippen molar-refractivity contribution in [3.63, 3.8) is 0 Å². The van der Waals surface area contributed by atoms with Crippen LogP contribution in [0.1, 0.15) is 12.0 Å². The van der Waals surface area contributed by atoms with Crippen molar-refractivity contribution in [2.24, 2.45) is 5.16 Å². The third kappa shape index (κ3) is 4.88. The molecule has 3 aromatic carbocycles. The Morgan fingerprint density at radius 2 is 1.78 bits per heavy atom. The molecule has 0 aliphatic carbocycles. The fourth-order valence-corrected chi connectivity index (χ4v) is 3.89. The molecule has 4 rings (SSSR count). The fraction of sp³-hybridized carbons (Fsp3) is 0.240. The monoisotopic (exact) mass is 431 g/mol. The van der Waals surface area contributed by atoms with E-state index in [1.54, 1.807) is 12.1 Å². The molecule has 1 aliphatic rings. The molecule has 7 heteroatoms. The van der Waals surface area contributed by atoms with Crippen LogP contribution in [0, 0.1) is 0 Å². The highest BCUT2D eigenvalue weighted by Gasteiger charge is 2.38. The molecule has 1 atom stereocenters. The lowest BCUT2D eigenvalue weighted by Crippen LogP contribution is -2.47. The lowest BCUT2D eigenvalue weighted by Gasteiger charge is -2.23. The normalized spacial score (nSPS) is 16.8. The van der Waals surface area contributed by atoms with E-state index < -0.39 is 6.04 Å². The number of benzene rings is 3. The van der Waals surface area contributed by atoms with E-state index in [9.17, 15) is 9.59 Å². The molecule has 0 bridgehead atoms. The maximum atomic E-state index is 13.1. The Morgan fingerprint density at radius 3 is 2.59 bits per heavy atom.